The fraction of sp³-hybridized carbons (Fsp3) is 0.588. The molecule has 1 amide bonds. The molecular formula is C17H27ClN2O2. The van der Waals surface area contributed by atoms with Crippen LogP contribution >= 0.6 is 12.4 Å². The predicted molar refractivity (Wildman–Crippen MR) is 91.6 cm³/mol. The number of aryl methyl sites for hydroxylation is 1. The Bertz CT molecular complexity index is 468. The van der Waals surface area contributed by atoms with E-state index in [-0.39, 0.29) is 23.7 Å². The second kappa shape index (κ2) is 9.13. The van der Waals surface area contributed by atoms with E-state index < -0.39 is 0 Å². The van der Waals surface area contributed by atoms with Crippen molar-refractivity contribution < 1.29 is 9.53 Å². The van der Waals surface area contributed by atoms with Crippen molar-refractivity contribution in [2.24, 2.45) is 5.41 Å². The molecule has 1 aromatic carbocycles. The summed E-state index contributed by atoms with van der Waals surface area (Å²) in [6.07, 6.45) is 2.56. The van der Waals surface area contributed by atoms with Crippen LogP contribution in [0.4, 0.5) is 0 Å². The van der Waals surface area contributed by atoms with Crippen molar-refractivity contribution in [3.05, 3.63) is 35.4 Å². The summed E-state index contributed by atoms with van der Waals surface area (Å²) in [6, 6.07) is 8.42. The van der Waals surface area contributed by atoms with Crippen molar-refractivity contribution in [2.75, 3.05) is 33.4 Å². The van der Waals surface area contributed by atoms with Crippen molar-refractivity contribution >= 4 is 18.3 Å². The van der Waals surface area contributed by atoms with Gasteiger partial charge < -0.3 is 15.4 Å². The van der Waals surface area contributed by atoms with Gasteiger partial charge in [-0.1, -0.05) is 29.8 Å². The summed E-state index contributed by atoms with van der Waals surface area (Å²) in [6.45, 7) is 5.04. The van der Waals surface area contributed by atoms with Gasteiger partial charge >= 0.3 is 0 Å². The summed E-state index contributed by atoms with van der Waals surface area (Å²) in [5, 5.41) is 6.40. The van der Waals surface area contributed by atoms with Crippen LogP contribution in [-0.4, -0.2) is 39.3 Å². The second-order valence-electron chi connectivity index (χ2n) is 5.96. The van der Waals surface area contributed by atoms with Gasteiger partial charge in [0.1, 0.15) is 0 Å². The average molecular weight is 327 g/mol. The largest absolute Gasteiger partial charge is 0.384 e. The zero-order chi connectivity index (χ0) is 15.1. The molecule has 0 bridgehead atoms. The monoisotopic (exact) mass is 326 g/mol. The summed E-state index contributed by atoms with van der Waals surface area (Å²) in [7, 11) is 1.67. The molecule has 1 aromatic rings. The molecule has 1 fully saturated rings. The zero-order valence-corrected chi connectivity index (χ0v) is 14.3. The van der Waals surface area contributed by atoms with Gasteiger partial charge in [-0.15, -0.1) is 12.4 Å². The topological polar surface area (TPSA) is 50.4 Å². The number of hydrogen-bond acceptors (Lipinski definition) is 3. The Hall–Kier alpha value is -1.10. The highest BCUT2D eigenvalue weighted by atomic mass is 35.5. The smallest absolute Gasteiger partial charge is 0.228 e. The van der Waals surface area contributed by atoms with Crippen molar-refractivity contribution in [1.82, 2.24) is 10.6 Å². The molecule has 0 unspecified atom stereocenters. The summed E-state index contributed by atoms with van der Waals surface area (Å²) in [5.74, 6) is 0.138. The van der Waals surface area contributed by atoms with Crippen molar-refractivity contribution in [2.45, 2.75) is 26.2 Å². The highest BCUT2D eigenvalue weighted by Gasteiger charge is 2.39. The van der Waals surface area contributed by atoms with Gasteiger partial charge in [0.2, 0.25) is 5.91 Å². The fourth-order valence-electron chi connectivity index (χ4n) is 2.99. The van der Waals surface area contributed by atoms with Gasteiger partial charge in [-0.25, -0.2) is 0 Å². The first-order valence-electron chi connectivity index (χ1n) is 7.70. The normalized spacial score (nSPS) is 16.6. The minimum Gasteiger partial charge on any atom is -0.384 e. The van der Waals surface area contributed by atoms with Crippen LogP contribution in [0.1, 0.15) is 24.0 Å². The molecule has 0 saturated carbocycles. The van der Waals surface area contributed by atoms with E-state index in [2.05, 4.69) is 41.8 Å². The van der Waals surface area contributed by atoms with Gasteiger partial charge in [0.25, 0.3) is 0 Å². The molecule has 22 heavy (non-hydrogen) atoms. The third-order valence-electron chi connectivity index (χ3n) is 4.24. The Morgan fingerprint density at radius 3 is 2.73 bits per heavy atom. The standard InChI is InChI=1S/C17H26N2O2.ClH/c1-14-4-3-5-15(12-14)6-9-19-16(20)17(13-21-2)7-10-18-11-8-17;/h3-5,12,18H,6-11,13H2,1-2H3,(H,19,20);1H. The third kappa shape index (κ3) is 4.97. The number of halogens is 1. The fourth-order valence-corrected chi connectivity index (χ4v) is 2.99. The summed E-state index contributed by atoms with van der Waals surface area (Å²) < 4.78 is 5.30. The number of nitrogens with one attached hydrogen (secondary N) is 2. The lowest BCUT2D eigenvalue weighted by atomic mass is 9.78. The molecule has 2 rings (SSSR count). The van der Waals surface area contributed by atoms with Crippen LogP contribution in [0.25, 0.3) is 0 Å². The Kier molecular flexibility index (Phi) is 7.87. The van der Waals surface area contributed by atoms with E-state index in [0.717, 1.165) is 32.4 Å². The van der Waals surface area contributed by atoms with Crippen LogP contribution < -0.4 is 10.6 Å². The maximum atomic E-state index is 12.5. The van der Waals surface area contributed by atoms with E-state index in [1.54, 1.807) is 7.11 Å². The van der Waals surface area contributed by atoms with Crippen LogP contribution in [0.2, 0.25) is 0 Å². The highest BCUT2D eigenvalue weighted by molar-refractivity contribution is 5.85. The van der Waals surface area contributed by atoms with E-state index in [9.17, 15) is 4.79 Å². The Labute approximate surface area is 139 Å². The lowest BCUT2D eigenvalue weighted by molar-refractivity contribution is -0.136. The van der Waals surface area contributed by atoms with E-state index >= 15 is 0 Å². The van der Waals surface area contributed by atoms with E-state index in [0.29, 0.717) is 13.2 Å². The number of benzene rings is 1. The van der Waals surface area contributed by atoms with Crippen molar-refractivity contribution in [3.63, 3.8) is 0 Å². The van der Waals surface area contributed by atoms with Crippen LogP contribution in [0.5, 0.6) is 0 Å². The SMILES string of the molecule is COCC1(C(=O)NCCc2cccc(C)c2)CCNCC1.Cl. The summed E-state index contributed by atoms with van der Waals surface area (Å²) in [5.41, 5.74) is 2.17. The lowest BCUT2D eigenvalue weighted by Crippen LogP contribution is -2.50. The Morgan fingerprint density at radius 2 is 2.09 bits per heavy atom. The number of carbonyl (C=O) groups is 1. The molecule has 1 heterocycles. The van der Waals surface area contributed by atoms with Crippen LogP contribution in [-0.2, 0) is 16.0 Å². The molecule has 1 saturated heterocycles. The Morgan fingerprint density at radius 1 is 1.36 bits per heavy atom. The van der Waals surface area contributed by atoms with E-state index in [1.807, 2.05) is 0 Å². The van der Waals surface area contributed by atoms with Crippen molar-refractivity contribution in [1.29, 1.82) is 0 Å². The average Bonchev–Trinajstić information content (AvgIpc) is 2.48. The lowest BCUT2D eigenvalue weighted by Gasteiger charge is -2.35. The Balaban J connectivity index is 0.00000242. The maximum Gasteiger partial charge on any atom is 0.228 e. The number of piperidine rings is 1. The van der Waals surface area contributed by atoms with Crippen LogP contribution in [0.3, 0.4) is 0 Å². The molecule has 1 aliphatic rings. The minimum absolute atomic E-state index is 0. The maximum absolute atomic E-state index is 12.5. The van der Waals surface area contributed by atoms with Gasteiger partial charge in [-0.2, -0.15) is 0 Å². The molecule has 2 N–H and O–H groups in total. The number of carbonyl (C=O) groups excluding carboxylic acids is 1. The van der Waals surface area contributed by atoms with Gasteiger partial charge in [0.15, 0.2) is 0 Å². The first kappa shape index (κ1) is 18.9. The molecule has 124 valence electrons. The molecule has 0 aromatic heterocycles. The predicted octanol–water partition coefficient (Wildman–Crippen LogP) is 2.09. The van der Waals surface area contributed by atoms with Gasteiger partial charge in [-0.05, 0) is 44.8 Å². The second-order valence-corrected chi connectivity index (χ2v) is 5.96. The molecule has 0 atom stereocenters. The number of methoxy groups -OCH3 is 1. The number of hydrogen-bond donors (Lipinski definition) is 2. The first-order valence-corrected chi connectivity index (χ1v) is 7.70. The van der Waals surface area contributed by atoms with Gasteiger partial charge in [-0.3, -0.25) is 4.79 Å². The van der Waals surface area contributed by atoms with E-state index in [4.69, 9.17) is 4.74 Å². The molecule has 0 radical (unpaired) electrons. The molecule has 1 aliphatic heterocycles. The van der Waals surface area contributed by atoms with Crippen LogP contribution in [0, 0.1) is 12.3 Å². The number of rotatable bonds is 6. The summed E-state index contributed by atoms with van der Waals surface area (Å²) >= 11 is 0. The molecular weight excluding hydrogens is 300 g/mol. The number of amides is 1. The minimum atomic E-state index is -0.355. The van der Waals surface area contributed by atoms with Gasteiger partial charge in [0, 0.05) is 13.7 Å². The van der Waals surface area contributed by atoms with E-state index in [1.165, 1.54) is 11.1 Å². The molecule has 5 heteroatoms. The van der Waals surface area contributed by atoms with Crippen molar-refractivity contribution in [3.8, 4) is 0 Å². The molecule has 0 spiro atoms. The number of ether oxygens (including phenoxy) is 1. The highest BCUT2D eigenvalue weighted by Crippen LogP contribution is 2.29. The van der Waals surface area contributed by atoms with Crippen LogP contribution in [0.15, 0.2) is 24.3 Å². The quantitative estimate of drug-likeness (QED) is 0.841. The zero-order valence-electron chi connectivity index (χ0n) is 13.5. The van der Waals surface area contributed by atoms with Gasteiger partial charge in [0.05, 0.1) is 12.0 Å². The molecule has 4 nitrogen and oxygen atoms in total. The molecule has 0 aliphatic carbocycles. The third-order valence-corrected chi connectivity index (χ3v) is 4.24. The summed E-state index contributed by atoms with van der Waals surface area (Å²) in [4.78, 5) is 12.5. The first-order chi connectivity index (χ1) is 10.2.